The summed E-state index contributed by atoms with van der Waals surface area (Å²) in [6, 6.07) is 13.3. The first-order chi connectivity index (χ1) is 13.1. The molecule has 0 bridgehead atoms. The second-order valence-electron chi connectivity index (χ2n) is 5.90. The average Bonchev–Trinajstić information content (AvgIpc) is 3.01. The van der Waals surface area contributed by atoms with E-state index < -0.39 is 0 Å². The molecule has 2 aromatic carbocycles. The molecule has 3 aromatic rings. The Morgan fingerprint density at radius 2 is 1.93 bits per heavy atom. The van der Waals surface area contributed by atoms with Gasteiger partial charge in [0.1, 0.15) is 12.4 Å². The quantitative estimate of drug-likeness (QED) is 0.414. The first-order valence-electron chi connectivity index (χ1n) is 8.28. The molecule has 0 spiro atoms. The van der Waals surface area contributed by atoms with Crippen molar-refractivity contribution in [3.8, 4) is 0 Å². The molecule has 1 N–H and O–H groups in total. The number of carbonyl (C=O) groups excluding carboxylic acids is 2. The van der Waals surface area contributed by atoms with Crippen LogP contribution in [0.4, 0.5) is 4.39 Å². The van der Waals surface area contributed by atoms with Crippen molar-refractivity contribution in [3.05, 3.63) is 71.7 Å². The summed E-state index contributed by atoms with van der Waals surface area (Å²) >= 11 is 0. The summed E-state index contributed by atoms with van der Waals surface area (Å²) in [6.07, 6.45) is 3.40. The molecule has 1 heterocycles. The number of halogens is 1. The van der Waals surface area contributed by atoms with Crippen LogP contribution in [0.3, 0.4) is 0 Å². The van der Waals surface area contributed by atoms with Crippen molar-refractivity contribution in [2.75, 3.05) is 7.11 Å². The average molecular weight is 367 g/mol. The fraction of sp³-hybridized carbons (Fsp3) is 0.150. The van der Waals surface area contributed by atoms with Crippen LogP contribution in [0.25, 0.3) is 10.9 Å². The Bertz CT molecular complexity index is 993. The van der Waals surface area contributed by atoms with Crippen LogP contribution in [0.2, 0.25) is 0 Å². The van der Waals surface area contributed by atoms with E-state index in [0.717, 1.165) is 16.5 Å². The van der Waals surface area contributed by atoms with Crippen molar-refractivity contribution in [3.63, 3.8) is 0 Å². The lowest BCUT2D eigenvalue weighted by Gasteiger charge is -2.02. The van der Waals surface area contributed by atoms with Crippen molar-refractivity contribution in [2.45, 2.75) is 13.0 Å². The Morgan fingerprint density at radius 1 is 1.19 bits per heavy atom. The third kappa shape index (κ3) is 4.58. The molecule has 0 aliphatic carbocycles. The third-order valence-electron chi connectivity index (χ3n) is 4.02. The second kappa shape index (κ2) is 8.27. The zero-order chi connectivity index (χ0) is 19.2. The zero-order valence-electron chi connectivity index (χ0n) is 14.7. The van der Waals surface area contributed by atoms with E-state index in [1.54, 1.807) is 22.9 Å². The number of rotatable bonds is 6. The molecule has 0 unspecified atom stereocenters. The Morgan fingerprint density at radius 3 is 2.67 bits per heavy atom. The van der Waals surface area contributed by atoms with E-state index in [-0.39, 0.29) is 30.7 Å². The van der Waals surface area contributed by atoms with Crippen molar-refractivity contribution in [1.29, 1.82) is 0 Å². The van der Waals surface area contributed by atoms with Crippen molar-refractivity contribution < 1.29 is 18.7 Å². The van der Waals surface area contributed by atoms with E-state index in [9.17, 15) is 14.0 Å². The van der Waals surface area contributed by atoms with Gasteiger partial charge in [0, 0.05) is 22.7 Å². The van der Waals surface area contributed by atoms with Crippen LogP contribution >= 0.6 is 0 Å². The Balaban J connectivity index is 1.71. The van der Waals surface area contributed by atoms with Crippen LogP contribution in [-0.4, -0.2) is 29.8 Å². The van der Waals surface area contributed by atoms with Gasteiger partial charge in [-0.15, -0.1) is 0 Å². The topological polar surface area (TPSA) is 72.7 Å². The predicted molar refractivity (Wildman–Crippen MR) is 99.8 cm³/mol. The van der Waals surface area contributed by atoms with Gasteiger partial charge in [0.25, 0.3) is 0 Å². The standard InChI is InChI=1S/C20H18FN3O3/c1-27-20(26)13-24-12-15(17-4-2-3-5-18(17)24)11-22-23-19(25)10-14-6-8-16(21)9-7-14/h2-9,11-12H,10,13H2,1H3,(H,23,25)/b22-11+. The van der Waals surface area contributed by atoms with Gasteiger partial charge in [0.15, 0.2) is 0 Å². The molecule has 0 saturated heterocycles. The predicted octanol–water partition coefficient (Wildman–Crippen LogP) is 2.65. The van der Waals surface area contributed by atoms with Crippen LogP contribution in [0.5, 0.6) is 0 Å². The SMILES string of the molecule is COC(=O)Cn1cc(/C=N/NC(=O)Cc2ccc(F)cc2)c2ccccc21. The molecular weight excluding hydrogens is 349 g/mol. The number of fused-ring (bicyclic) bond motifs is 1. The van der Waals surface area contributed by atoms with Crippen molar-refractivity contribution in [1.82, 2.24) is 9.99 Å². The monoisotopic (exact) mass is 367 g/mol. The number of hydrogen-bond donors (Lipinski definition) is 1. The summed E-state index contributed by atoms with van der Waals surface area (Å²) < 4.78 is 19.4. The van der Waals surface area contributed by atoms with Crippen LogP contribution < -0.4 is 5.43 Å². The van der Waals surface area contributed by atoms with Crippen LogP contribution in [0.1, 0.15) is 11.1 Å². The molecule has 0 aliphatic heterocycles. The smallest absolute Gasteiger partial charge is 0.325 e. The summed E-state index contributed by atoms with van der Waals surface area (Å²) in [4.78, 5) is 23.5. The number of aromatic nitrogens is 1. The number of esters is 1. The highest BCUT2D eigenvalue weighted by molar-refractivity contribution is 6.00. The maximum atomic E-state index is 12.9. The van der Waals surface area contributed by atoms with Gasteiger partial charge in [-0.25, -0.2) is 9.82 Å². The summed E-state index contributed by atoms with van der Waals surface area (Å²) in [5, 5.41) is 4.89. The lowest BCUT2D eigenvalue weighted by Crippen LogP contribution is -2.19. The summed E-state index contributed by atoms with van der Waals surface area (Å²) in [5.74, 6) is -1.01. The number of para-hydroxylation sites is 1. The van der Waals surface area contributed by atoms with Gasteiger partial charge in [-0.3, -0.25) is 9.59 Å². The Hall–Kier alpha value is -3.48. The van der Waals surface area contributed by atoms with E-state index >= 15 is 0 Å². The summed E-state index contributed by atoms with van der Waals surface area (Å²) in [6.45, 7) is 0.0851. The first kappa shape index (κ1) is 18.3. The van der Waals surface area contributed by atoms with Gasteiger partial charge in [0.2, 0.25) is 5.91 Å². The number of methoxy groups -OCH3 is 1. The van der Waals surface area contributed by atoms with E-state index in [1.165, 1.54) is 25.5 Å². The van der Waals surface area contributed by atoms with Crippen LogP contribution in [0.15, 0.2) is 59.8 Å². The molecule has 27 heavy (non-hydrogen) atoms. The van der Waals surface area contributed by atoms with Gasteiger partial charge < -0.3 is 9.30 Å². The van der Waals surface area contributed by atoms with Gasteiger partial charge in [0.05, 0.1) is 19.7 Å². The van der Waals surface area contributed by atoms with Gasteiger partial charge >= 0.3 is 5.97 Å². The molecule has 0 radical (unpaired) electrons. The molecule has 0 fully saturated rings. The Kier molecular flexibility index (Phi) is 5.61. The molecule has 1 amide bonds. The minimum atomic E-state index is -0.355. The van der Waals surface area contributed by atoms with Crippen molar-refractivity contribution >= 4 is 29.0 Å². The molecule has 1 aromatic heterocycles. The molecule has 138 valence electrons. The maximum Gasteiger partial charge on any atom is 0.325 e. The highest BCUT2D eigenvalue weighted by Gasteiger charge is 2.10. The fourth-order valence-corrected chi connectivity index (χ4v) is 2.71. The number of amides is 1. The molecule has 0 aliphatic rings. The fourth-order valence-electron chi connectivity index (χ4n) is 2.71. The molecule has 0 atom stereocenters. The Labute approximate surface area is 155 Å². The normalized spacial score (nSPS) is 11.0. The molecule has 7 heteroatoms. The van der Waals surface area contributed by atoms with Crippen LogP contribution in [0, 0.1) is 5.82 Å². The highest BCUT2D eigenvalue weighted by Crippen LogP contribution is 2.20. The van der Waals surface area contributed by atoms with Gasteiger partial charge in [-0.05, 0) is 23.8 Å². The molecular formula is C20H18FN3O3. The summed E-state index contributed by atoms with van der Waals surface area (Å²) in [7, 11) is 1.34. The maximum absolute atomic E-state index is 12.9. The molecule has 3 rings (SSSR count). The minimum Gasteiger partial charge on any atom is -0.468 e. The van der Waals surface area contributed by atoms with E-state index in [0.29, 0.717) is 5.56 Å². The largest absolute Gasteiger partial charge is 0.468 e. The number of carbonyl (C=O) groups is 2. The number of hydrazone groups is 1. The van der Waals surface area contributed by atoms with E-state index in [4.69, 9.17) is 4.74 Å². The van der Waals surface area contributed by atoms with Gasteiger partial charge in [-0.1, -0.05) is 30.3 Å². The lowest BCUT2D eigenvalue weighted by molar-refractivity contribution is -0.141. The number of nitrogens with one attached hydrogen (secondary N) is 1. The van der Waals surface area contributed by atoms with E-state index in [1.807, 2.05) is 24.3 Å². The molecule has 6 nitrogen and oxygen atoms in total. The lowest BCUT2D eigenvalue weighted by atomic mass is 10.1. The zero-order valence-corrected chi connectivity index (χ0v) is 14.7. The van der Waals surface area contributed by atoms with Crippen molar-refractivity contribution in [2.24, 2.45) is 5.10 Å². The molecule has 0 saturated carbocycles. The number of nitrogens with zero attached hydrogens (tertiary/aromatic N) is 2. The second-order valence-corrected chi connectivity index (χ2v) is 5.90. The van der Waals surface area contributed by atoms with E-state index in [2.05, 4.69) is 10.5 Å². The first-order valence-corrected chi connectivity index (χ1v) is 8.28. The number of hydrogen-bond acceptors (Lipinski definition) is 4. The number of ether oxygens (including phenoxy) is 1. The highest BCUT2D eigenvalue weighted by atomic mass is 19.1. The van der Waals surface area contributed by atoms with Gasteiger partial charge in [-0.2, -0.15) is 5.10 Å². The summed E-state index contributed by atoms with van der Waals surface area (Å²) in [5.41, 5.74) is 4.77. The van der Waals surface area contributed by atoms with Crippen LogP contribution in [-0.2, 0) is 27.3 Å². The number of benzene rings is 2. The third-order valence-corrected chi connectivity index (χ3v) is 4.02. The minimum absolute atomic E-state index is 0.0851.